The quantitative estimate of drug-likeness (QED) is 0.906. The molecule has 1 aromatic rings. The minimum Gasteiger partial charge on any atom is -0.396 e. The fraction of sp³-hybridized carbons (Fsp3) is 0.417. The van der Waals surface area contributed by atoms with Gasteiger partial charge in [-0.3, -0.25) is 4.79 Å². The first-order valence-corrected chi connectivity index (χ1v) is 6.63. The van der Waals surface area contributed by atoms with Gasteiger partial charge in [-0.2, -0.15) is 0 Å². The lowest BCUT2D eigenvalue weighted by Gasteiger charge is -2.21. The van der Waals surface area contributed by atoms with Gasteiger partial charge in [-0.1, -0.05) is 17.7 Å². The van der Waals surface area contributed by atoms with E-state index >= 15 is 0 Å². The van der Waals surface area contributed by atoms with E-state index in [0.29, 0.717) is 34.6 Å². The van der Waals surface area contributed by atoms with Gasteiger partial charge in [0, 0.05) is 24.2 Å². The summed E-state index contributed by atoms with van der Waals surface area (Å²) in [6, 6.07) is 5.28. The number of hydrogen-bond donors (Lipinski definition) is 1. The van der Waals surface area contributed by atoms with Crippen molar-refractivity contribution in [3.63, 3.8) is 0 Å². The molecule has 0 bridgehead atoms. The largest absolute Gasteiger partial charge is 0.396 e. The molecular weight excluding hydrogens is 305 g/mol. The van der Waals surface area contributed by atoms with Gasteiger partial charge in [0.1, 0.15) is 0 Å². The van der Waals surface area contributed by atoms with E-state index in [-0.39, 0.29) is 12.5 Å². The fourth-order valence-electron chi connectivity index (χ4n) is 1.50. The van der Waals surface area contributed by atoms with E-state index in [1.807, 2.05) is 6.92 Å². The molecule has 5 heteroatoms. The molecule has 1 rings (SSSR count). The van der Waals surface area contributed by atoms with Gasteiger partial charge in [0.05, 0.1) is 10.6 Å². The molecule has 0 unspecified atom stereocenters. The summed E-state index contributed by atoms with van der Waals surface area (Å²) in [5.74, 6) is -0.104. The zero-order valence-corrected chi connectivity index (χ0v) is 12.0. The number of nitrogens with zero attached hydrogens (tertiary/aromatic N) is 1. The number of rotatable bonds is 5. The zero-order chi connectivity index (χ0) is 12.8. The number of benzene rings is 1. The number of amides is 1. The molecule has 0 heterocycles. The summed E-state index contributed by atoms with van der Waals surface area (Å²) in [4.78, 5) is 13.9. The maximum absolute atomic E-state index is 12.2. The molecule has 0 aromatic heterocycles. The first-order valence-electron chi connectivity index (χ1n) is 5.46. The second kappa shape index (κ2) is 6.99. The maximum Gasteiger partial charge on any atom is 0.255 e. The van der Waals surface area contributed by atoms with Crippen LogP contribution in [0.4, 0.5) is 0 Å². The molecule has 1 N–H and O–H groups in total. The van der Waals surface area contributed by atoms with Gasteiger partial charge in [0.2, 0.25) is 0 Å². The van der Waals surface area contributed by atoms with E-state index in [9.17, 15) is 4.79 Å². The van der Waals surface area contributed by atoms with Crippen molar-refractivity contribution in [3.05, 3.63) is 33.3 Å². The van der Waals surface area contributed by atoms with Gasteiger partial charge < -0.3 is 10.0 Å². The van der Waals surface area contributed by atoms with Gasteiger partial charge in [-0.15, -0.1) is 0 Å². The van der Waals surface area contributed by atoms with Crippen LogP contribution in [0.1, 0.15) is 23.7 Å². The molecule has 0 atom stereocenters. The van der Waals surface area contributed by atoms with Gasteiger partial charge >= 0.3 is 0 Å². The number of carbonyl (C=O) groups excluding carboxylic acids is 1. The predicted octanol–water partition coefficient (Wildman–Crippen LogP) is 2.95. The van der Waals surface area contributed by atoms with E-state index in [0.717, 1.165) is 0 Å². The molecule has 1 aromatic carbocycles. The summed E-state index contributed by atoms with van der Waals surface area (Å²) >= 11 is 9.37. The molecule has 0 aliphatic carbocycles. The van der Waals surface area contributed by atoms with E-state index in [4.69, 9.17) is 16.7 Å². The Labute approximate surface area is 115 Å². The van der Waals surface area contributed by atoms with Crippen LogP contribution in [0.5, 0.6) is 0 Å². The third kappa shape index (κ3) is 3.69. The highest BCUT2D eigenvalue weighted by atomic mass is 79.9. The number of aliphatic hydroxyl groups excluding tert-OH is 1. The van der Waals surface area contributed by atoms with Crippen molar-refractivity contribution >= 4 is 33.4 Å². The van der Waals surface area contributed by atoms with Crippen molar-refractivity contribution in [2.24, 2.45) is 0 Å². The third-order valence-electron chi connectivity index (χ3n) is 2.44. The molecule has 0 saturated carbocycles. The minimum absolute atomic E-state index is 0.0794. The maximum atomic E-state index is 12.2. The summed E-state index contributed by atoms with van der Waals surface area (Å²) < 4.78 is 0.711. The first-order chi connectivity index (χ1) is 8.11. The lowest BCUT2D eigenvalue weighted by Crippen LogP contribution is -2.32. The van der Waals surface area contributed by atoms with Crippen LogP contribution < -0.4 is 0 Å². The Morgan fingerprint density at radius 1 is 1.53 bits per heavy atom. The Kier molecular flexibility index (Phi) is 5.95. The fourth-order valence-corrected chi connectivity index (χ4v) is 2.08. The van der Waals surface area contributed by atoms with Gasteiger partial charge in [0.25, 0.3) is 5.91 Å². The Morgan fingerprint density at radius 2 is 2.24 bits per heavy atom. The Balaban J connectivity index is 2.90. The van der Waals surface area contributed by atoms with Crippen LogP contribution >= 0.6 is 27.5 Å². The van der Waals surface area contributed by atoms with E-state index < -0.39 is 0 Å². The van der Waals surface area contributed by atoms with Crippen LogP contribution in [0.15, 0.2) is 22.7 Å². The van der Waals surface area contributed by atoms with E-state index in [1.165, 1.54) is 0 Å². The number of halogens is 2. The second-order valence-corrected chi connectivity index (χ2v) is 4.80. The normalized spacial score (nSPS) is 10.4. The minimum atomic E-state index is -0.104. The van der Waals surface area contributed by atoms with Gasteiger partial charge in [0.15, 0.2) is 0 Å². The zero-order valence-electron chi connectivity index (χ0n) is 9.62. The molecule has 17 heavy (non-hydrogen) atoms. The predicted molar refractivity (Wildman–Crippen MR) is 72.4 cm³/mol. The molecule has 0 aliphatic rings. The lowest BCUT2D eigenvalue weighted by atomic mass is 10.2. The SMILES string of the molecule is CCN(CCCO)C(=O)c1cccc(Br)c1Cl. The standard InChI is InChI=1S/C12H15BrClNO2/c1-2-15(7-4-8-16)12(17)9-5-3-6-10(13)11(9)14/h3,5-6,16H,2,4,7-8H2,1H3. The summed E-state index contributed by atoms with van der Waals surface area (Å²) in [7, 11) is 0. The molecule has 0 spiro atoms. The number of aliphatic hydroxyl groups is 1. The molecule has 0 saturated heterocycles. The Bertz CT molecular complexity index is 398. The average molecular weight is 321 g/mol. The number of hydrogen-bond acceptors (Lipinski definition) is 2. The monoisotopic (exact) mass is 319 g/mol. The van der Waals surface area contributed by atoms with Crippen molar-refractivity contribution in [1.29, 1.82) is 0 Å². The van der Waals surface area contributed by atoms with E-state index in [2.05, 4.69) is 15.9 Å². The topological polar surface area (TPSA) is 40.5 Å². The highest BCUT2D eigenvalue weighted by Gasteiger charge is 2.17. The number of carbonyl (C=O) groups is 1. The van der Waals surface area contributed by atoms with Crippen LogP contribution in [0.25, 0.3) is 0 Å². The molecule has 0 aliphatic heterocycles. The first kappa shape index (κ1) is 14.5. The van der Waals surface area contributed by atoms with Crippen LogP contribution in [-0.2, 0) is 0 Å². The lowest BCUT2D eigenvalue weighted by molar-refractivity contribution is 0.0754. The van der Waals surface area contributed by atoms with Crippen molar-refractivity contribution in [2.75, 3.05) is 19.7 Å². The van der Waals surface area contributed by atoms with Gasteiger partial charge in [-0.25, -0.2) is 0 Å². The van der Waals surface area contributed by atoms with Crippen molar-refractivity contribution in [1.82, 2.24) is 4.90 Å². The summed E-state index contributed by atoms with van der Waals surface area (Å²) in [5, 5.41) is 9.22. The van der Waals surface area contributed by atoms with Gasteiger partial charge in [-0.05, 0) is 41.4 Å². The molecular formula is C12H15BrClNO2. The van der Waals surface area contributed by atoms with E-state index in [1.54, 1.807) is 23.1 Å². The average Bonchev–Trinajstić information content (AvgIpc) is 2.33. The van der Waals surface area contributed by atoms with Crippen molar-refractivity contribution < 1.29 is 9.90 Å². The van der Waals surface area contributed by atoms with Crippen molar-refractivity contribution in [3.8, 4) is 0 Å². The molecule has 0 fully saturated rings. The van der Waals surface area contributed by atoms with Crippen LogP contribution in [-0.4, -0.2) is 35.6 Å². The van der Waals surface area contributed by atoms with Crippen LogP contribution in [0, 0.1) is 0 Å². The summed E-state index contributed by atoms with van der Waals surface area (Å²) in [6.45, 7) is 3.12. The third-order valence-corrected chi connectivity index (χ3v) is 3.73. The second-order valence-electron chi connectivity index (χ2n) is 3.56. The summed E-state index contributed by atoms with van der Waals surface area (Å²) in [5.41, 5.74) is 0.487. The van der Waals surface area contributed by atoms with Crippen LogP contribution in [0.2, 0.25) is 5.02 Å². The van der Waals surface area contributed by atoms with Crippen molar-refractivity contribution in [2.45, 2.75) is 13.3 Å². The molecule has 94 valence electrons. The highest BCUT2D eigenvalue weighted by molar-refractivity contribution is 9.10. The Morgan fingerprint density at radius 3 is 2.82 bits per heavy atom. The molecule has 3 nitrogen and oxygen atoms in total. The molecule has 0 radical (unpaired) electrons. The smallest absolute Gasteiger partial charge is 0.255 e. The summed E-state index contributed by atoms with van der Waals surface area (Å²) in [6.07, 6.45) is 0.575. The Hall–Kier alpha value is -0.580. The molecule has 1 amide bonds. The highest BCUT2D eigenvalue weighted by Crippen LogP contribution is 2.26. The van der Waals surface area contributed by atoms with Crippen LogP contribution in [0.3, 0.4) is 0 Å².